The Hall–Kier alpha value is -1.96. The first kappa shape index (κ1) is 20.4. The fourth-order valence-corrected chi connectivity index (χ4v) is 3.79. The molecule has 0 aliphatic heterocycles. The standard InChI is InChI=1S/C18H20ClFN2O3S/c1-11(2)22(4)26(24,25)13-6-7-15(19)14(10-13)18(23)21-17-8-5-12(3)9-16(17)20/h5-11H,1-4H3,(H,21,23). The number of nitrogens with zero attached hydrogens (tertiary/aromatic N) is 1. The van der Waals surface area contributed by atoms with Gasteiger partial charge in [0, 0.05) is 13.1 Å². The molecule has 2 aromatic rings. The number of benzene rings is 2. The summed E-state index contributed by atoms with van der Waals surface area (Å²) in [5.41, 5.74) is 0.650. The van der Waals surface area contributed by atoms with Crippen LogP contribution < -0.4 is 5.32 Å². The van der Waals surface area contributed by atoms with E-state index in [1.54, 1.807) is 26.8 Å². The lowest BCUT2D eigenvalue weighted by atomic mass is 10.2. The third-order valence-corrected chi connectivity index (χ3v) is 6.32. The molecular weight excluding hydrogens is 379 g/mol. The van der Waals surface area contributed by atoms with Crippen LogP contribution in [0.25, 0.3) is 0 Å². The molecule has 0 aromatic heterocycles. The third-order valence-electron chi connectivity index (χ3n) is 3.96. The SMILES string of the molecule is Cc1ccc(NC(=O)c2cc(S(=O)(=O)N(C)C(C)C)ccc2Cl)c(F)c1. The Morgan fingerprint density at radius 2 is 1.85 bits per heavy atom. The summed E-state index contributed by atoms with van der Waals surface area (Å²) in [5, 5.41) is 2.49. The molecule has 1 N–H and O–H groups in total. The number of anilines is 1. The smallest absolute Gasteiger partial charge is 0.257 e. The minimum Gasteiger partial charge on any atom is -0.319 e. The molecule has 2 rings (SSSR count). The van der Waals surface area contributed by atoms with Crippen LogP contribution in [0.2, 0.25) is 5.02 Å². The Bertz CT molecular complexity index is 945. The highest BCUT2D eigenvalue weighted by Gasteiger charge is 2.25. The summed E-state index contributed by atoms with van der Waals surface area (Å²) in [6.07, 6.45) is 0. The second-order valence-electron chi connectivity index (χ2n) is 6.19. The summed E-state index contributed by atoms with van der Waals surface area (Å²) < 4.78 is 40.3. The first-order valence-electron chi connectivity index (χ1n) is 7.89. The van der Waals surface area contributed by atoms with Gasteiger partial charge in [0.05, 0.1) is 21.2 Å². The molecule has 26 heavy (non-hydrogen) atoms. The number of nitrogens with one attached hydrogen (secondary N) is 1. The molecule has 0 atom stereocenters. The second kappa shape index (κ2) is 7.73. The summed E-state index contributed by atoms with van der Waals surface area (Å²) in [4.78, 5) is 12.4. The maximum atomic E-state index is 13.9. The topological polar surface area (TPSA) is 66.5 Å². The summed E-state index contributed by atoms with van der Waals surface area (Å²) in [5.74, 6) is -1.28. The Morgan fingerprint density at radius 3 is 2.42 bits per heavy atom. The molecule has 0 saturated heterocycles. The molecular formula is C18H20ClFN2O3S. The number of rotatable bonds is 5. The highest BCUT2D eigenvalue weighted by molar-refractivity contribution is 7.89. The van der Waals surface area contributed by atoms with Gasteiger partial charge in [-0.15, -0.1) is 0 Å². The van der Waals surface area contributed by atoms with Crippen molar-refractivity contribution in [2.24, 2.45) is 0 Å². The van der Waals surface area contributed by atoms with Crippen molar-refractivity contribution < 1.29 is 17.6 Å². The van der Waals surface area contributed by atoms with Gasteiger partial charge in [0.2, 0.25) is 10.0 Å². The number of hydrogen-bond donors (Lipinski definition) is 1. The molecule has 0 fully saturated rings. The predicted molar refractivity (Wildman–Crippen MR) is 101 cm³/mol. The van der Waals surface area contributed by atoms with Gasteiger partial charge in [-0.3, -0.25) is 4.79 Å². The highest BCUT2D eigenvalue weighted by Crippen LogP contribution is 2.25. The number of amides is 1. The maximum Gasteiger partial charge on any atom is 0.257 e. The van der Waals surface area contributed by atoms with Gasteiger partial charge in [-0.05, 0) is 56.7 Å². The fourth-order valence-electron chi connectivity index (χ4n) is 2.19. The van der Waals surface area contributed by atoms with Gasteiger partial charge in [0.25, 0.3) is 5.91 Å². The van der Waals surface area contributed by atoms with Crippen LogP contribution in [0.4, 0.5) is 10.1 Å². The normalized spacial score (nSPS) is 11.8. The quantitative estimate of drug-likeness (QED) is 0.825. The van der Waals surface area contributed by atoms with Gasteiger partial charge in [-0.25, -0.2) is 12.8 Å². The Balaban J connectivity index is 2.39. The van der Waals surface area contributed by atoms with E-state index in [0.29, 0.717) is 5.56 Å². The van der Waals surface area contributed by atoms with Crippen molar-refractivity contribution in [2.75, 3.05) is 12.4 Å². The van der Waals surface area contributed by atoms with Crippen LogP contribution in [0.1, 0.15) is 29.8 Å². The fraction of sp³-hybridized carbons (Fsp3) is 0.278. The van der Waals surface area contributed by atoms with E-state index in [-0.39, 0.29) is 27.2 Å². The van der Waals surface area contributed by atoms with Crippen molar-refractivity contribution in [1.29, 1.82) is 0 Å². The van der Waals surface area contributed by atoms with Crippen LogP contribution in [-0.4, -0.2) is 31.7 Å². The summed E-state index contributed by atoms with van der Waals surface area (Å²) >= 11 is 6.05. The van der Waals surface area contributed by atoms with E-state index in [1.807, 2.05) is 0 Å². The number of sulfonamides is 1. The summed E-state index contributed by atoms with van der Waals surface area (Å²) in [7, 11) is -2.32. The average molecular weight is 399 g/mol. The number of hydrogen-bond acceptors (Lipinski definition) is 3. The maximum absolute atomic E-state index is 13.9. The monoisotopic (exact) mass is 398 g/mol. The van der Waals surface area contributed by atoms with E-state index in [0.717, 1.165) is 0 Å². The molecule has 0 unspecified atom stereocenters. The van der Waals surface area contributed by atoms with E-state index < -0.39 is 21.7 Å². The highest BCUT2D eigenvalue weighted by atomic mass is 35.5. The van der Waals surface area contributed by atoms with Crippen molar-refractivity contribution in [3.8, 4) is 0 Å². The van der Waals surface area contributed by atoms with Crippen LogP contribution >= 0.6 is 11.6 Å². The Morgan fingerprint density at radius 1 is 1.19 bits per heavy atom. The number of carbonyl (C=O) groups is 1. The molecule has 0 aliphatic carbocycles. The molecule has 8 heteroatoms. The molecule has 5 nitrogen and oxygen atoms in total. The van der Waals surface area contributed by atoms with E-state index in [4.69, 9.17) is 11.6 Å². The first-order valence-corrected chi connectivity index (χ1v) is 9.71. The van der Waals surface area contributed by atoms with E-state index in [1.165, 1.54) is 41.7 Å². The van der Waals surface area contributed by atoms with Crippen molar-refractivity contribution in [1.82, 2.24) is 4.31 Å². The first-order chi connectivity index (χ1) is 12.0. The van der Waals surface area contributed by atoms with Crippen molar-refractivity contribution >= 4 is 33.2 Å². The average Bonchev–Trinajstić information content (AvgIpc) is 2.56. The van der Waals surface area contributed by atoms with Crippen molar-refractivity contribution in [2.45, 2.75) is 31.7 Å². The number of aryl methyl sites for hydroxylation is 1. The molecule has 2 aromatic carbocycles. The van der Waals surface area contributed by atoms with Crippen LogP contribution in [0.5, 0.6) is 0 Å². The van der Waals surface area contributed by atoms with Gasteiger partial charge in [-0.1, -0.05) is 17.7 Å². The lowest BCUT2D eigenvalue weighted by Crippen LogP contribution is -2.33. The van der Waals surface area contributed by atoms with Gasteiger partial charge in [0.15, 0.2) is 0 Å². The van der Waals surface area contributed by atoms with E-state index >= 15 is 0 Å². The van der Waals surface area contributed by atoms with Gasteiger partial charge >= 0.3 is 0 Å². The van der Waals surface area contributed by atoms with Gasteiger partial charge in [-0.2, -0.15) is 4.31 Å². The summed E-state index contributed by atoms with van der Waals surface area (Å²) in [6.45, 7) is 5.20. The van der Waals surface area contributed by atoms with Crippen LogP contribution in [0, 0.1) is 12.7 Å². The third kappa shape index (κ3) is 4.23. The van der Waals surface area contributed by atoms with Gasteiger partial charge in [0.1, 0.15) is 5.82 Å². The van der Waals surface area contributed by atoms with Crippen molar-refractivity contribution in [3.63, 3.8) is 0 Å². The van der Waals surface area contributed by atoms with E-state index in [2.05, 4.69) is 5.32 Å². The zero-order valence-corrected chi connectivity index (χ0v) is 16.5. The van der Waals surface area contributed by atoms with Crippen molar-refractivity contribution in [3.05, 3.63) is 58.4 Å². The minimum atomic E-state index is -3.78. The summed E-state index contributed by atoms with van der Waals surface area (Å²) in [6, 6.07) is 7.98. The van der Waals surface area contributed by atoms with Crippen LogP contribution in [-0.2, 0) is 10.0 Å². The van der Waals surface area contributed by atoms with Crippen LogP contribution in [0.3, 0.4) is 0 Å². The minimum absolute atomic E-state index is 0.00998. The number of halogens is 2. The molecule has 0 aliphatic rings. The molecule has 0 radical (unpaired) electrons. The molecule has 1 amide bonds. The van der Waals surface area contributed by atoms with Gasteiger partial charge < -0.3 is 5.32 Å². The predicted octanol–water partition coefficient (Wildman–Crippen LogP) is 4.07. The number of carbonyl (C=O) groups excluding carboxylic acids is 1. The molecule has 140 valence electrons. The zero-order chi connectivity index (χ0) is 19.6. The molecule has 0 spiro atoms. The molecule has 0 heterocycles. The lowest BCUT2D eigenvalue weighted by molar-refractivity contribution is 0.102. The Kier molecular flexibility index (Phi) is 6.05. The lowest BCUT2D eigenvalue weighted by Gasteiger charge is -2.21. The Labute approximate surface area is 157 Å². The second-order valence-corrected chi connectivity index (χ2v) is 8.60. The largest absolute Gasteiger partial charge is 0.319 e. The molecule has 0 saturated carbocycles. The zero-order valence-electron chi connectivity index (χ0n) is 14.9. The van der Waals surface area contributed by atoms with Crippen LogP contribution in [0.15, 0.2) is 41.3 Å². The van der Waals surface area contributed by atoms with E-state index in [9.17, 15) is 17.6 Å². The molecule has 0 bridgehead atoms.